The fraction of sp³-hybridized carbons (Fsp3) is 0.188. The van der Waals surface area contributed by atoms with Gasteiger partial charge < -0.3 is 5.32 Å². The van der Waals surface area contributed by atoms with E-state index in [2.05, 4.69) is 40.3 Å². The van der Waals surface area contributed by atoms with Crippen molar-refractivity contribution in [3.05, 3.63) is 63.1 Å². The van der Waals surface area contributed by atoms with Crippen molar-refractivity contribution in [2.24, 2.45) is 0 Å². The minimum Gasteiger partial charge on any atom is -0.366 e. The molecule has 0 amide bonds. The number of nitrogens with one attached hydrogen (secondary N) is 1. The third-order valence-corrected chi connectivity index (χ3v) is 4.32. The van der Waals surface area contributed by atoms with E-state index < -0.39 is 0 Å². The van der Waals surface area contributed by atoms with Crippen LogP contribution in [-0.2, 0) is 6.42 Å². The summed E-state index contributed by atoms with van der Waals surface area (Å²) in [4.78, 5) is 0. The van der Waals surface area contributed by atoms with Crippen molar-refractivity contribution in [2.75, 3.05) is 5.32 Å². The summed E-state index contributed by atoms with van der Waals surface area (Å²) < 4.78 is 0.810. The van der Waals surface area contributed by atoms with Gasteiger partial charge in [0.2, 0.25) is 0 Å². The lowest BCUT2D eigenvalue weighted by Gasteiger charge is -2.16. The Hall–Kier alpha value is -1.50. The van der Waals surface area contributed by atoms with Crippen LogP contribution in [-0.4, -0.2) is 0 Å². The Morgan fingerprint density at radius 3 is 2.70 bits per heavy atom. The summed E-state index contributed by atoms with van der Waals surface area (Å²) in [6.45, 7) is 2.09. The first-order valence-corrected chi connectivity index (χ1v) is 7.51. The van der Waals surface area contributed by atoms with Crippen LogP contribution < -0.4 is 5.32 Å². The van der Waals surface area contributed by atoms with Gasteiger partial charge in [-0.1, -0.05) is 42.8 Å². The summed E-state index contributed by atoms with van der Waals surface area (Å²) in [7, 11) is 0. The van der Waals surface area contributed by atoms with E-state index in [0.29, 0.717) is 5.02 Å². The maximum atomic E-state index is 9.43. The zero-order valence-electron chi connectivity index (χ0n) is 11.0. The van der Waals surface area contributed by atoms with Gasteiger partial charge in [0.1, 0.15) is 6.04 Å². The van der Waals surface area contributed by atoms with E-state index in [1.54, 1.807) is 6.07 Å². The molecule has 2 aromatic rings. The van der Waals surface area contributed by atoms with Crippen LogP contribution in [0.1, 0.15) is 24.1 Å². The number of nitriles is 1. The number of hydrogen-bond acceptors (Lipinski definition) is 2. The molecule has 2 nitrogen and oxygen atoms in total. The van der Waals surface area contributed by atoms with E-state index in [4.69, 9.17) is 11.6 Å². The molecule has 0 saturated heterocycles. The van der Waals surface area contributed by atoms with Gasteiger partial charge in [0.25, 0.3) is 0 Å². The molecule has 0 heterocycles. The van der Waals surface area contributed by atoms with Crippen LogP contribution in [0.15, 0.2) is 46.9 Å². The highest BCUT2D eigenvalue weighted by Gasteiger charge is 2.13. The first-order chi connectivity index (χ1) is 9.65. The number of nitrogens with zero attached hydrogens (tertiary/aromatic N) is 1. The fourth-order valence-electron chi connectivity index (χ4n) is 2.07. The number of benzene rings is 2. The van der Waals surface area contributed by atoms with E-state index in [1.165, 1.54) is 5.56 Å². The third kappa shape index (κ3) is 3.33. The monoisotopic (exact) mass is 348 g/mol. The number of aryl methyl sites for hydroxylation is 1. The summed E-state index contributed by atoms with van der Waals surface area (Å²) in [5.74, 6) is 0. The molecule has 0 radical (unpaired) electrons. The highest BCUT2D eigenvalue weighted by Crippen LogP contribution is 2.28. The lowest BCUT2D eigenvalue weighted by molar-refractivity contribution is 0.954. The molecular weight excluding hydrogens is 336 g/mol. The number of anilines is 1. The minimum absolute atomic E-state index is 0.376. The lowest BCUT2D eigenvalue weighted by Crippen LogP contribution is -2.10. The Morgan fingerprint density at radius 2 is 2.05 bits per heavy atom. The Kier molecular flexibility index (Phi) is 5.05. The van der Waals surface area contributed by atoms with Gasteiger partial charge in [-0.3, -0.25) is 0 Å². The fourth-order valence-corrected chi connectivity index (χ4v) is 2.57. The molecule has 0 aliphatic rings. The van der Waals surface area contributed by atoms with Gasteiger partial charge in [0.15, 0.2) is 0 Å². The van der Waals surface area contributed by atoms with Crippen LogP contribution in [0.2, 0.25) is 5.02 Å². The molecular formula is C16H14BrClN2. The molecule has 2 rings (SSSR count). The second-order valence-electron chi connectivity index (χ2n) is 4.39. The van der Waals surface area contributed by atoms with Crippen molar-refractivity contribution >= 4 is 33.2 Å². The lowest BCUT2D eigenvalue weighted by atomic mass is 9.99. The molecule has 0 spiro atoms. The summed E-state index contributed by atoms with van der Waals surface area (Å²) in [5, 5.41) is 13.3. The van der Waals surface area contributed by atoms with Crippen LogP contribution in [0.4, 0.5) is 5.69 Å². The zero-order chi connectivity index (χ0) is 14.5. The Bertz CT molecular complexity index is 649. The van der Waals surface area contributed by atoms with Gasteiger partial charge in [-0.15, -0.1) is 0 Å². The van der Waals surface area contributed by atoms with Gasteiger partial charge >= 0.3 is 0 Å². The first kappa shape index (κ1) is 14.9. The molecule has 20 heavy (non-hydrogen) atoms. The van der Waals surface area contributed by atoms with Gasteiger partial charge in [0, 0.05) is 10.2 Å². The Balaban J connectivity index is 2.29. The predicted octanol–water partition coefficient (Wildman–Crippen LogP) is 5.34. The minimum atomic E-state index is -0.376. The average molecular weight is 350 g/mol. The molecule has 0 aliphatic heterocycles. The molecule has 0 aromatic heterocycles. The van der Waals surface area contributed by atoms with Crippen LogP contribution >= 0.6 is 27.5 Å². The van der Waals surface area contributed by atoms with Crippen LogP contribution in [0.5, 0.6) is 0 Å². The summed E-state index contributed by atoms with van der Waals surface area (Å²) in [5.41, 5.74) is 3.06. The number of hydrogen-bond donors (Lipinski definition) is 1. The molecule has 0 fully saturated rings. The molecule has 0 bridgehead atoms. The second-order valence-corrected chi connectivity index (χ2v) is 5.65. The standard InChI is InChI=1S/C16H14BrClN2/c1-2-11-5-3-4-6-13(11)16(10-19)20-12-7-8-15(18)14(17)9-12/h3-9,16,20H,2H2,1H3. The topological polar surface area (TPSA) is 35.8 Å². The van der Waals surface area contributed by atoms with E-state index in [0.717, 1.165) is 22.1 Å². The van der Waals surface area contributed by atoms with Crippen LogP contribution in [0.25, 0.3) is 0 Å². The molecule has 1 unspecified atom stereocenters. The molecule has 1 N–H and O–H groups in total. The van der Waals surface area contributed by atoms with Crippen molar-refractivity contribution in [1.82, 2.24) is 0 Å². The maximum absolute atomic E-state index is 9.43. The highest BCUT2D eigenvalue weighted by molar-refractivity contribution is 9.10. The molecule has 1 atom stereocenters. The molecule has 0 aliphatic carbocycles. The van der Waals surface area contributed by atoms with E-state index in [1.807, 2.05) is 30.3 Å². The van der Waals surface area contributed by atoms with Crippen molar-refractivity contribution in [3.63, 3.8) is 0 Å². The molecule has 2 aromatic carbocycles. The Morgan fingerprint density at radius 1 is 1.30 bits per heavy atom. The normalized spacial score (nSPS) is 11.7. The SMILES string of the molecule is CCc1ccccc1C(C#N)Nc1ccc(Cl)c(Br)c1. The largest absolute Gasteiger partial charge is 0.366 e. The van der Waals surface area contributed by atoms with Crippen molar-refractivity contribution in [3.8, 4) is 6.07 Å². The summed E-state index contributed by atoms with van der Waals surface area (Å²) >= 11 is 9.36. The van der Waals surface area contributed by atoms with Gasteiger partial charge in [-0.2, -0.15) is 5.26 Å². The zero-order valence-corrected chi connectivity index (χ0v) is 13.4. The third-order valence-electron chi connectivity index (χ3n) is 3.11. The predicted molar refractivity (Wildman–Crippen MR) is 86.9 cm³/mol. The average Bonchev–Trinajstić information content (AvgIpc) is 2.48. The van der Waals surface area contributed by atoms with E-state index in [-0.39, 0.29) is 6.04 Å². The first-order valence-electron chi connectivity index (χ1n) is 6.34. The van der Waals surface area contributed by atoms with Crippen molar-refractivity contribution in [1.29, 1.82) is 5.26 Å². The smallest absolute Gasteiger partial charge is 0.140 e. The summed E-state index contributed by atoms with van der Waals surface area (Å²) in [6, 6.07) is 15.5. The highest BCUT2D eigenvalue weighted by atomic mass is 79.9. The molecule has 4 heteroatoms. The number of rotatable bonds is 4. The summed E-state index contributed by atoms with van der Waals surface area (Å²) in [6.07, 6.45) is 0.903. The van der Waals surface area contributed by atoms with Gasteiger partial charge in [0.05, 0.1) is 11.1 Å². The van der Waals surface area contributed by atoms with E-state index in [9.17, 15) is 5.26 Å². The molecule has 102 valence electrons. The Labute approximate surface area is 132 Å². The van der Waals surface area contributed by atoms with Gasteiger partial charge in [-0.05, 0) is 51.7 Å². The van der Waals surface area contributed by atoms with Crippen LogP contribution in [0, 0.1) is 11.3 Å². The maximum Gasteiger partial charge on any atom is 0.140 e. The van der Waals surface area contributed by atoms with Crippen molar-refractivity contribution < 1.29 is 0 Å². The van der Waals surface area contributed by atoms with Crippen LogP contribution in [0.3, 0.4) is 0 Å². The van der Waals surface area contributed by atoms with Gasteiger partial charge in [-0.25, -0.2) is 0 Å². The molecule has 0 saturated carbocycles. The number of halogens is 2. The second kappa shape index (κ2) is 6.78. The van der Waals surface area contributed by atoms with Crippen molar-refractivity contribution in [2.45, 2.75) is 19.4 Å². The van der Waals surface area contributed by atoms with E-state index >= 15 is 0 Å². The quantitative estimate of drug-likeness (QED) is 0.808.